The molecule has 0 aliphatic heterocycles. The average molecular weight is 267 g/mol. The van der Waals surface area contributed by atoms with E-state index in [0.717, 1.165) is 12.8 Å². The lowest BCUT2D eigenvalue weighted by Crippen LogP contribution is -2.30. The molecule has 5 heteroatoms. The molecule has 0 saturated carbocycles. The Labute approximate surface area is 110 Å². The molecule has 0 radical (unpaired) electrons. The van der Waals surface area contributed by atoms with Crippen LogP contribution in [0.3, 0.4) is 0 Å². The van der Waals surface area contributed by atoms with Crippen molar-refractivity contribution in [3.8, 4) is 0 Å². The molecule has 2 N–H and O–H groups in total. The number of ether oxygens (including phenoxy) is 1. The SMILES string of the molecule is C[C@H](OC(=O)c1cc2c(s1)CCCCC2)C(N)=O. The van der Waals surface area contributed by atoms with Crippen molar-refractivity contribution in [1.29, 1.82) is 0 Å². The van der Waals surface area contributed by atoms with Crippen LogP contribution in [0.5, 0.6) is 0 Å². The number of aryl methyl sites for hydroxylation is 2. The fraction of sp³-hybridized carbons (Fsp3) is 0.538. The minimum Gasteiger partial charge on any atom is -0.448 e. The zero-order chi connectivity index (χ0) is 13.1. The van der Waals surface area contributed by atoms with E-state index in [0.29, 0.717) is 4.88 Å². The third kappa shape index (κ3) is 2.90. The third-order valence-electron chi connectivity index (χ3n) is 3.13. The van der Waals surface area contributed by atoms with Crippen LogP contribution in [0.25, 0.3) is 0 Å². The molecule has 0 spiro atoms. The molecule has 4 nitrogen and oxygen atoms in total. The summed E-state index contributed by atoms with van der Waals surface area (Å²) in [4.78, 5) is 24.6. The Balaban J connectivity index is 2.09. The van der Waals surface area contributed by atoms with Crippen LogP contribution in [0.4, 0.5) is 0 Å². The molecule has 0 aromatic carbocycles. The van der Waals surface area contributed by atoms with E-state index in [2.05, 4.69) is 0 Å². The number of carbonyl (C=O) groups excluding carboxylic acids is 2. The molecule has 2 rings (SSSR count). The monoisotopic (exact) mass is 267 g/mol. The van der Waals surface area contributed by atoms with Gasteiger partial charge in [-0.3, -0.25) is 4.79 Å². The van der Waals surface area contributed by atoms with Crippen molar-refractivity contribution < 1.29 is 14.3 Å². The number of esters is 1. The second-order valence-electron chi connectivity index (χ2n) is 4.57. The Kier molecular flexibility index (Phi) is 4.01. The third-order valence-corrected chi connectivity index (χ3v) is 4.35. The summed E-state index contributed by atoms with van der Waals surface area (Å²) in [7, 11) is 0. The summed E-state index contributed by atoms with van der Waals surface area (Å²) in [6.07, 6.45) is 4.80. The van der Waals surface area contributed by atoms with E-state index >= 15 is 0 Å². The van der Waals surface area contributed by atoms with Crippen LogP contribution >= 0.6 is 11.3 Å². The summed E-state index contributed by atoms with van der Waals surface area (Å²) in [5.41, 5.74) is 6.33. The van der Waals surface area contributed by atoms with E-state index in [1.165, 1.54) is 48.0 Å². The van der Waals surface area contributed by atoms with Crippen molar-refractivity contribution >= 4 is 23.2 Å². The number of carbonyl (C=O) groups is 2. The zero-order valence-electron chi connectivity index (χ0n) is 10.4. The molecule has 1 aromatic rings. The van der Waals surface area contributed by atoms with E-state index in [1.807, 2.05) is 6.07 Å². The molecule has 1 heterocycles. The molecule has 18 heavy (non-hydrogen) atoms. The summed E-state index contributed by atoms with van der Waals surface area (Å²) in [5.74, 6) is -1.07. The first-order chi connectivity index (χ1) is 8.58. The Morgan fingerprint density at radius 3 is 2.78 bits per heavy atom. The average Bonchev–Trinajstić information content (AvgIpc) is 2.61. The van der Waals surface area contributed by atoms with E-state index < -0.39 is 18.0 Å². The number of fused-ring (bicyclic) bond motifs is 1. The van der Waals surface area contributed by atoms with E-state index in [4.69, 9.17) is 10.5 Å². The van der Waals surface area contributed by atoms with Crippen molar-refractivity contribution in [2.75, 3.05) is 0 Å². The largest absolute Gasteiger partial charge is 0.448 e. The van der Waals surface area contributed by atoms with Gasteiger partial charge in [0, 0.05) is 4.88 Å². The van der Waals surface area contributed by atoms with E-state index in [1.54, 1.807) is 0 Å². The normalized spacial score (nSPS) is 16.5. The predicted molar refractivity (Wildman–Crippen MR) is 69.6 cm³/mol. The molecule has 1 aromatic heterocycles. The Hall–Kier alpha value is -1.36. The van der Waals surface area contributed by atoms with Gasteiger partial charge in [0.25, 0.3) is 5.91 Å². The van der Waals surface area contributed by atoms with Crippen molar-refractivity contribution in [3.05, 3.63) is 21.4 Å². The molecule has 0 bridgehead atoms. The van der Waals surface area contributed by atoms with Gasteiger partial charge < -0.3 is 10.5 Å². The molecule has 98 valence electrons. The van der Waals surface area contributed by atoms with E-state index in [9.17, 15) is 9.59 Å². The fourth-order valence-electron chi connectivity index (χ4n) is 2.04. The first kappa shape index (κ1) is 13.1. The van der Waals surface area contributed by atoms with Crippen LogP contribution in [0.1, 0.15) is 46.3 Å². The van der Waals surface area contributed by atoms with E-state index in [-0.39, 0.29) is 0 Å². The lowest BCUT2D eigenvalue weighted by Gasteiger charge is -2.07. The quantitative estimate of drug-likeness (QED) is 0.673. The molecular formula is C13H17NO3S. The highest BCUT2D eigenvalue weighted by Gasteiger charge is 2.20. The molecule has 0 fully saturated rings. The van der Waals surface area contributed by atoms with Gasteiger partial charge in [0.15, 0.2) is 6.10 Å². The van der Waals surface area contributed by atoms with Crippen LogP contribution in [0, 0.1) is 0 Å². The summed E-state index contributed by atoms with van der Waals surface area (Å²) < 4.78 is 5.00. The molecule has 1 amide bonds. The van der Waals surface area contributed by atoms with Crippen molar-refractivity contribution in [1.82, 2.24) is 0 Å². The standard InChI is InChI=1S/C13H17NO3S/c1-8(12(14)15)17-13(16)11-7-9-5-3-2-4-6-10(9)18-11/h7-8H,2-6H2,1H3,(H2,14,15)/t8-/m0/s1. The molecule has 0 saturated heterocycles. The molecule has 1 aliphatic rings. The highest BCUT2D eigenvalue weighted by Crippen LogP contribution is 2.29. The smallest absolute Gasteiger partial charge is 0.349 e. The summed E-state index contributed by atoms with van der Waals surface area (Å²) >= 11 is 1.48. The maximum Gasteiger partial charge on any atom is 0.349 e. The minimum absolute atomic E-state index is 0.445. The maximum absolute atomic E-state index is 11.8. The highest BCUT2D eigenvalue weighted by atomic mass is 32.1. The number of hydrogen-bond acceptors (Lipinski definition) is 4. The Bertz CT molecular complexity index is 443. The summed E-state index contributed by atoms with van der Waals surface area (Å²) in [5, 5.41) is 0. The van der Waals surface area contributed by atoms with Crippen LogP contribution < -0.4 is 5.73 Å². The van der Waals surface area contributed by atoms with Crippen LogP contribution in [-0.4, -0.2) is 18.0 Å². The molecular weight excluding hydrogens is 250 g/mol. The number of amides is 1. The Morgan fingerprint density at radius 2 is 2.06 bits per heavy atom. The van der Waals surface area contributed by atoms with Gasteiger partial charge in [0.05, 0.1) is 0 Å². The van der Waals surface area contributed by atoms with Crippen LogP contribution in [0.15, 0.2) is 6.07 Å². The highest BCUT2D eigenvalue weighted by molar-refractivity contribution is 7.14. The van der Waals surface area contributed by atoms with Gasteiger partial charge in [-0.15, -0.1) is 11.3 Å². The van der Waals surface area contributed by atoms with Crippen molar-refractivity contribution in [2.24, 2.45) is 5.73 Å². The first-order valence-corrected chi connectivity index (χ1v) is 7.01. The lowest BCUT2D eigenvalue weighted by atomic mass is 10.1. The maximum atomic E-state index is 11.8. The number of primary amides is 1. The summed E-state index contributed by atoms with van der Waals surface area (Å²) in [6, 6.07) is 1.90. The van der Waals surface area contributed by atoms with Crippen LogP contribution in [-0.2, 0) is 22.4 Å². The predicted octanol–water partition coefficient (Wildman–Crippen LogP) is 2.05. The number of nitrogens with two attached hydrogens (primary N) is 1. The molecule has 0 unspecified atom stereocenters. The van der Waals surface area contributed by atoms with Crippen molar-refractivity contribution in [3.63, 3.8) is 0 Å². The van der Waals surface area contributed by atoms with Gasteiger partial charge >= 0.3 is 5.97 Å². The lowest BCUT2D eigenvalue weighted by molar-refractivity contribution is -0.125. The van der Waals surface area contributed by atoms with Crippen LogP contribution in [0.2, 0.25) is 0 Å². The fourth-order valence-corrected chi connectivity index (χ4v) is 3.18. The molecule has 1 aliphatic carbocycles. The number of thiophene rings is 1. The van der Waals surface area contributed by atoms with Crippen molar-refractivity contribution in [2.45, 2.75) is 45.1 Å². The van der Waals surface area contributed by atoms with Gasteiger partial charge in [-0.25, -0.2) is 4.79 Å². The van der Waals surface area contributed by atoms with Gasteiger partial charge in [0.1, 0.15) is 4.88 Å². The van der Waals surface area contributed by atoms with Gasteiger partial charge in [-0.1, -0.05) is 6.42 Å². The van der Waals surface area contributed by atoms with Gasteiger partial charge in [-0.2, -0.15) is 0 Å². The first-order valence-electron chi connectivity index (χ1n) is 6.20. The topological polar surface area (TPSA) is 69.4 Å². The minimum atomic E-state index is -0.876. The second-order valence-corrected chi connectivity index (χ2v) is 5.71. The number of rotatable bonds is 3. The molecule has 1 atom stereocenters. The zero-order valence-corrected chi connectivity index (χ0v) is 11.2. The second kappa shape index (κ2) is 5.52. The number of hydrogen-bond donors (Lipinski definition) is 1. The van der Waals surface area contributed by atoms with Gasteiger partial charge in [-0.05, 0) is 44.2 Å². The Morgan fingerprint density at radius 1 is 1.33 bits per heavy atom. The van der Waals surface area contributed by atoms with Gasteiger partial charge in [0.2, 0.25) is 0 Å². The summed E-state index contributed by atoms with van der Waals surface area (Å²) in [6.45, 7) is 1.48.